The summed E-state index contributed by atoms with van der Waals surface area (Å²) in [5.74, 6) is 0.715. The van der Waals surface area contributed by atoms with Crippen LogP contribution in [-0.4, -0.2) is 33.4 Å². The Kier molecular flexibility index (Phi) is 7.46. The Morgan fingerprint density at radius 3 is 2.58 bits per heavy atom. The maximum absolute atomic E-state index is 12.7. The Morgan fingerprint density at radius 2 is 1.97 bits per heavy atom. The highest BCUT2D eigenvalue weighted by Crippen LogP contribution is 2.32. The second-order valence-electron chi connectivity index (χ2n) is 6.99. The van der Waals surface area contributed by atoms with Crippen LogP contribution in [-0.2, 0) is 11.0 Å². The van der Waals surface area contributed by atoms with E-state index in [2.05, 4.69) is 15.7 Å². The molecule has 0 saturated carbocycles. The van der Waals surface area contributed by atoms with Crippen molar-refractivity contribution in [2.45, 2.75) is 26.4 Å². The van der Waals surface area contributed by atoms with Gasteiger partial charge in [-0.3, -0.25) is 9.36 Å². The number of benzene rings is 1. The largest absolute Gasteiger partial charge is 0.493 e. The first-order valence-corrected chi connectivity index (χ1v) is 12.1. The molecule has 0 aliphatic rings. The monoisotopic (exact) mass is 462 g/mol. The number of hydrogen-bond acceptors (Lipinski definition) is 6. The lowest BCUT2D eigenvalue weighted by Gasteiger charge is -2.14. The first-order chi connectivity index (χ1) is 14.7. The van der Waals surface area contributed by atoms with E-state index < -0.39 is 13.5 Å². The van der Waals surface area contributed by atoms with Crippen LogP contribution in [0.15, 0.2) is 53.4 Å². The van der Waals surface area contributed by atoms with E-state index in [1.54, 1.807) is 29.5 Å². The number of hydrogen-bond donors (Lipinski definition) is 3. The Balaban J connectivity index is 1.74. The summed E-state index contributed by atoms with van der Waals surface area (Å²) in [5.41, 5.74) is 1.49. The molecule has 0 fully saturated rings. The van der Waals surface area contributed by atoms with E-state index in [-0.39, 0.29) is 17.2 Å². The molecule has 31 heavy (non-hydrogen) atoms. The molecule has 0 bridgehead atoms. The zero-order valence-electron chi connectivity index (χ0n) is 17.0. The number of amides is 1. The quantitative estimate of drug-likeness (QED) is 0.416. The summed E-state index contributed by atoms with van der Waals surface area (Å²) >= 11 is 1.63. The van der Waals surface area contributed by atoms with Crippen molar-refractivity contribution in [1.82, 2.24) is 4.98 Å². The van der Waals surface area contributed by atoms with Crippen molar-refractivity contribution in [2.24, 2.45) is 0 Å². The van der Waals surface area contributed by atoms with Gasteiger partial charge in [-0.1, -0.05) is 0 Å². The Hall–Kier alpha value is -2.71. The lowest BCUT2D eigenvalue weighted by atomic mass is 10.2. The molecule has 8 nitrogen and oxygen atoms in total. The summed E-state index contributed by atoms with van der Waals surface area (Å²) in [7, 11) is -4.39. The first-order valence-electron chi connectivity index (χ1n) is 9.50. The minimum Gasteiger partial charge on any atom is -0.493 e. The van der Waals surface area contributed by atoms with Crippen molar-refractivity contribution in [3.63, 3.8) is 0 Å². The van der Waals surface area contributed by atoms with Gasteiger partial charge in [0.25, 0.3) is 5.91 Å². The van der Waals surface area contributed by atoms with Crippen LogP contribution in [0.5, 0.6) is 11.5 Å². The van der Waals surface area contributed by atoms with Crippen molar-refractivity contribution >= 4 is 36.0 Å². The number of pyridine rings is 1. The predicted molar refractivity (Wildman–Crippen MR) is 120 cm³/mol. The number of anilines is 1. The lowest BCUT2D eigenvalue weighted by Crippen LogP contribution is -2.15. The molecule has 0 aliphatic carbocycles. The Morgan fingerprint density at radius 1 is 1.19 bits per heavy atom. The second-order valence-corrected chi connectivity index (χ2v) is 9.37. The third-order valence-electron chi connectivity index (χ3n) is 4.08. The van der Waals surface area contributed by atoms with Crippen LogP contribution >= 0.6 is 18.9 Å². The third-order valence-corrected chi connectivity index (χ3v) is 5.75. The molecule has 0 atom stereocenters. The Bertz CT molecular complexity index is 1060. The molecule has 0 spiro atoms. The highest BCUT2D eigenvalue weighted by atomic mass is 32.1. The van der Waals surface area contributed by atoms with E-state index in [1.165, 1.54) is 17.7 Å². The molecular weight excluding hydrogens is 439 g/mol. The minimum atomic E-state index is -4.39. The van der Waals surface area contributed by atoms with Gasteiger partial charge in [-0.15, -0.1) is 0 Å². The van der Waals surface area contributed by atoms with E-state index in [9.17, 15) is 9.36 Å². The second kappa shape index (κ2) is 10.1. The van der Waals surface area contributed by atoms with Gasteiger partial charge in [0, 0.05) is 24.2 Å². The number of nitrogens with zero attached hydrogens (tertiary/aromatic N) is 1. The normalized spacial score (nSPS) is 11.4. The SMILES string of the molecule is CC(C)Oc1cc(OCCc2ccsc2)cc(C(=O)Nc2ccc(P(=O)(O)O)cn2)c1. The van der Waals surface area contributed by atoms with Crippen LogP contribution < -0.4 is 20.1 Å². The van der Waals surface area contributed by atoms with Crippen molar-refractivity contribution in [1.29, 1.82) is 0 Å². The van der Waals surface area contributed by atoms with Crippen LogP contribution in [0.3, 0.4) is 0 Å². The molecule has 10 heteroatoms. The van der Waals surface area contributed by atoms with E-state index in [0.29, 0.717) is 23.7 Å². The fourth-order valence-electron chi connectivity index (χ4n) is 2.67. The minimum absolute atomic E-state index is 0.0844. The summed E-state index contributed by atoms with van der Waals surface area (Å²) in [6.07, 6.45) is 1.70. The van der Waals surface area contributed by atoms with Crippen LogP contribution in [0.25, 0.3) is 0 Å². The topological polar surface area (TPSA) is 118 Å². The standard InChI is InChI=1S/C21H23N2O6PS/c1-14(2)29-18-10-16(9-17(11-18)28-7-5-15-6-8-31-13-15)21(24)23-20-4-3-19(12-22-20)30(25,26)27/h3-4,6,8-14H,5,7H2,1-2H3,(H,22,23,24)(H2,25,26,27). The van der Waals surface area contributed by atoms with Gasteiger partial charge in [-0.05, 0) is 60.5 Å². The van der Waals surface area contributed by atoms with E-state index in [1.807, 2.05) is 25.3 Å². The summed E-state index contributed by atoms with van der Waals surface area (Å²) in [5, 5.41) is 6.46. The van der Waals surface area contributed by atoms with Crippen LogP contribution in [0.2, 0.25) is 0 Å². The molecule has 3 N–H and O–H groups in total. The number of ether oxygens (including phenoxy) is 2. The molecule has 2 heterocycles. The van der Waals surface area contributed by atoms with Crippen LogP contribution in [0.4, 0.5) is 5.82 Å². The fourth-order valence-corrected chi connectivity index (χ4v) is 3.85. The summed E-state index contributed by atoms with van der Waals surface area (Å²) in [6.45, 7) is 4.22. The van der Waals surface area contributed by atoms with E-state index >= 15 is 0 Å². The molecular formula is C21H23N2O6PS. The molecule has 0 aliphatic heterocycles. The molecule has 3 rings (SSSR count). The van der Waals surface area contributed by atoms with Gasteiger partial charge in [0.1, 0.15) is 17.3 Å². The van der Waals surface area contributed by atoms with Crippen molar-refractivity contribution in [2.75, 3.05) is 11.9 Å². The van der Waals surface area contributed by atoms with Crippen molar-refractivity contribution in [3.05, 3.63) is 64.5 Å². The van der Waals surface area contributed by atoms with Gasteiger partial charge in [-0.25, -0.2) is 4.98 Å². The van der Waals surface area contributed by atoms with Gasteiger partial charge in [-0.2, -0.15) is 11.3 Å². The number of nitrogens with one attached hydrogen (secondary N) is 1. The predicted octanol–water partition coefficient (Wildman–Crippen LogP) is 3.61. The molecule has 0 saturated heterocycles. The molecule has 1 amide bonds. The molecule has 164 valence electrons. The van der Waals surface area contributed by atoms with Gasteiger partial charge in [0.15, 0.2) is 0 Å². The van der Waals surface area contributed by atoms with Crippen LogP contribution in [0, 0.1) is 0 Å². The molecule has 3 aromatic rings. The smallest absolute Gasteiger partial charge is 0.357 e. The zero-order valence-corrected chi connectivity index (χ0v) is 18.7. The van der Waals surface area contributed by atoms with Crippen molar-refractivity contribution in [3.8, 4) is 11.5 Å². The molecule has 0 radical (unpaired) electrons. The molecule has 0 unspecified atom stereocenters. The molecule has 1 aromatic carbocycles. The lowest BCUT2D eigenvalue weighted by molar-refractivity contribution is 0.102. The average Bonchev–Trinajstić information content (AvgIpc) is 3.20. The van der Waals surface area contributed by atoms with Gasteiger partial charge < -0.3 is 24.6 Å². The fraction of sp³-hybridized carbons (Fsp3) is 0.238. The average molecular weight is 462 g/mol. The summed E-state index contributed by atoms with van der Waals surface area (Å²) in [4.78, 5) is 34.9. The number of thiophene rings is 1. The highest BCUT2D eigenvalue weighted by molar-refractivity contribution is 7.60. The number of aromatic nitrogens is 1. The maximum Gasteiger partial charge on any atom is 0.357 e. The zero-order chi connectivity index (χ0) is 22.4. The summed E-state index contributed by atoms with van der Waals surface area (Å²) in [6, 6.07) is 9.54. The first kappa shape index (κ1) is 23.0. The van der Waals surface area contributed by atoms with E-state index in [0.717, 1.165) is 12.6 Å². The van der Waals surface area contributed by atoms with E-state index in [4.69, 9.17) is 19.3 Å². The van der Waals surface area contributed by atoms with Crippen molar-refractivity contribution < 1.29 is 28.6 Å². The number of rotatable bonds is 9. The number of carbonyl (C=O) groups excluding carboxylic acids is 1. The highest BCUT2D eigenvalue weighted by Gasteiger charge is 2.18. The van der Waals surface area contributed by atoms with Gasteiger partial charge in [0.05, 0.1) is 18.0 Å². The van der Waals surface area contributed by atoms with Gasteiger partial charge >= 0.3 is 7.60 Å². The summed E-state index contributed by atoms with van der Waals surface area (Å²) < 4.78 is 22.8. The maximum atomic E-state index is 12.7. The van der Waals surface area contributed by atoms with Crippen LogP contribution in [0.1, 0.15) is 29.8 Å². The third kappa shape index (κ3) is 6.90. The molecule has 2 aromatic heterocycles. The van der Waals surface area contributed by atoms with Gasteiger partial charge in [0.2, 0.25) is 0 Å². The number of carbonyl (C=O) groups is 1. The Labute approximate surface area is 184 Å².